The highest BCUT2D eigenvalue weighted by molar-refractivity contribution is 5.84. The lowest BCUT2D eigenvalue weighted by atomic mass is 10.0. The van der Waals surface area contributed by atoms with Gasteiger partial charge in [0, 0.05) is 13.0 Å². The van der Waals surface area contributed by atoms with Crippen molar-refractivity contribution in [3.8, 4) is 0 Å². The summed E-state index contributed by atoms with van der Waals surface area (Å²) in [5, 5.41) is 9.10. The molecule has 1 N–H and O–H groups in total. The predicted molar refractivity (Wildman–Crippen MR) is 76.6 cm³/mol. The minimum Gasteiger partial charge on any atom is -0.480 e. The Labute approximate surface area is 119 Å². The molecule has 4 nitrogen and oxygen atoms in total. The van der Waals surface area contributed by atoms with E-state index < -0.39 is 12.0 Å². The molecule has 1 fully saturated rings. The first-order valence-electron chi connectivity index (χ1n) is 7.07. The Kier molecular flexibility index (Phi) is 4.42. The minimum absolute atomic E-state index is 0.0464. The van der Waals surface area contributed by atoms with Crippen molar-refractivity contribution < 1.29 is 14.7 Å². The van der Waals surface area contributed by atoms with Crippen molar-refractivity contribution in [2.45, 2.75) is 45.6 Å². The second kappa shape index (κ2) is 6.07. The van der Waals surface area contributed by atoms with Crippen LogP contribution in [0.5, 0.6) is 0 Å². The van der Waals surface area contributed by atoms with Crippen LogP contribution in [0.3, 0.4) is 0 Å². The second-order valence-electron chi connectivity index (χ2n) is 5.51. The largest absolute Gasteiger partial charge is 0.480 e. The fourth-order valence-electron chi connectivity index (χ4n) is 2.83. The fraction of sp³-hybridized carbons (Fsp3) is 0.500. The van der Waals surface area contributed by atoms with Crippen LogP contribution in [0.4, 0.5) is 0 Å². The SMILES string of the molecule is Cc1ccc(CCC(=O)N2CCCC2C(=O)O)c(C)c1. The molecule has 108 valence electrons. The number of hydrogen-bond donors (Lipinski definition) is 1. The van der Waals surface area contributed by atoms with Gasteiger partial charge >= 0.3 is 5.97 Å². The molecule has 4 heteroatoms. The number of aliphatic carboxylic acids is 1. The number of benzene rings is 1. The third kappa shape index (κ3) is 3.18. The summed E-state index contributed by atoms with van der Waals surface area (Å²) in [5.41, 5.74) is 3.56. The van der Waals surface area contributed by atoms with Crippen molar-refractivity contribution in [2.24, 2.45) is 0 Å². The number of carbonyl (C=O) groups is 2. The van der Waals surface area contributed by atoms with Crippen LogP contribution in [0.1, 0.15) is 36.0 Å². The summed E-state index contributed by atoms with van der Waals surface area (Å²) < 4.78 is 0. The summed E-state index contributed by atoms with van der Waals surface area (Å²) in [6.45, 7) is 4.66. The molecule has 0 saturated carbocycles. The van der Waals surface area contributed by atoms with E-state index in [9.17, 15) is 9.59 Å². The number of nitrogens with zero attached hydrogens (tertiary/aromatic N) is 1. The van der Waals surface area contributed by atoms with Gasteiger partial charge in [-0.15, -0.1) is 0 Å². The summed E-state index contributed by atoms with van der Waals surface area (Å²) in [5.74, 6) is -0.933. The zero-order valence-corrected chi connectivity index (χ0v) is 12.1. The molecule has 20 heavy (non-hydrogen) atoms. The average molecular weight is 275 g/mol. The predicted octanol–water partition coefficient (Wildman–Crippen LogP) is 2.31. The van der Waals surface area contributed by atoms with Crippen molar-refractivity contribution >= 4 is 11.9 Å². The Balaban J connectivity index is 1.96. The van der Waals surface area contributed by atoms with Crippen LogP contribution in [0.2, 0.25) is 0 Å². The maximum absolute atomic E-state index is 12.2. The second-order valence-corrected chi connectivity index (χ2v) is 5.51. The molecule has 0 aliphatic carbocycles. The molecule has 1 aromatic carbocycles. The molecule has 1 atom stereocenters. The number of aryl methyl sites for hydroxylation is 3. The maximum atomic E-state index is 12.2. The molecule has 1 unspecified atom stereocenters. The lowest BCUT2D eigenvalue weighted by Crippen LogP contribution is -2.40. The molecule has 1 aliphatic heterocycles. The van der Waals surface area contributed by atoms with Gasteiger partial charge in [0.05, 0.1) is 0 Å². The summed E-state index contributed by atoms with van der Waals surface area (Å²) >= 11 is 0. The van der Waals surface area contributed by atoms with Gasteiger partial charge in [0.1, 0.15) is 6.04 Å². The number of carboxylic acids is 1. The Morgan fingerprint density at radius 1 is 1.35 bits per heavy atom. The number of likely N-dealkylation sites (tertiary alicyclic amines) is 1. The summed E-state index contributed by atoms with van der Waals surface area (Å²) in [6, 6.07) is 5.58. The van der Waals surface area contributed by atoms with E-state index in [0.717, 1.165) is 12.0 Å². The summed E-state index contributed by atoms with van der Waals surface area (Å²) in [4.78, 5) is 24.8. The molecule has 2 rings (SSSR count). The number of hydrogen-bond acceptors (Lipinski definition) is 2. The van der Waals surface area contributed by atoms with Crippen molar-refractivity contribution in [1.82, 2.24) is 4.90 Å². The monoisotopic (exact) mass is 275 g/mol. The van der Waals surface area contributed by atoms with Gasteiger partial charge in [0.15, 0.2) is 0 Å². The Bertz CT molecular complexity index is 524. The average Bonchev–Trinajstić information content (AvgIpc) is 2.86. The third-order valence-corrected chi connectivity index (χ3v) is 3.96. The zero-order chi connectivity index (χ0) is 14.7. The van der Waals surface area contributed by atoms with E-state index in [0.29, 0.717) is 25.8 Å². The first-order valence-corrected chi connectivity index (χ1v) is 7.07. The van der Waals surface area contributed by atoms with E-state index in [1.807, 2.05) is 19.9 Å². The number of rotatable bonds is 4. The minimum atomic E-state index is -0.887. The van der Waals surface area contributed by atoms with Gasteiger partial charge in [-0.1, -0.05) is 23.8 Å². The van der Waals surface area contributed by atoms with Crippen LogP contribution in [0.25, 0.3) is 0 Å². The van der Waals surface area contributed by atoms with Crippen LogP contribution < -0.4 is 0 Å². The van der Waals surface area contributed by atoms with E-state index >= 15 is 0 Å². The highest BCUT2D eigenvalue weighted by Gasteiger charge is 2.33. The summed E-state index contributed by atoms with van der Waals surface area (Å²) in [7, 11) is 0. The van der Waals surface area contributed by atoms with Crippen molar-refractivity contribution in [3.05, 3.63) is 34.9 Å². The van der Waals surface area contributed by atoms with Crippen LogP contribution in [0, 0.1) is 13.8 Å². The number of carbonyl (C=O) groups excluding carboxylic acids is 1. The van der Waals surface area contributed by atoms with Gasteiger partial charge in [-0.3, -0.25) is 4.79 Å². The molecule has 1 aromatic rings. The van der Waals surface area contributed by atoms with Gasteiger partial charge in [0.2, 0.25) is 5.91 Å². The lowest BCUT2D eigenvalue weighted by molar-refractivity contribution is -0.148. The Morgan fingerprint density at radius 3 is 2.75 bits per heavy atom. The zero-order valence-electron chi connectivity index (χ0n) is 12.1. The number of carboxylic acid groups (broad SMARTS) is 1. The van der Waals surface area contributed by atoms with Gasteiger partial charge < -0.3 is 10.0 Å². The molecule has 1 saturated heterocycles. The molecule has 0 aromatic heterocycles. The number of amides is 1. The molecule has 0 radical (unpaired) electrons. The third-order valence-electron chi connectivity index (χ3n) is 3.96. The van der Waals surface area contributed by atoms with Gasteiger partial charge in [0.25, 0.3) is 0 Å². The van der Waals surface area contributed by atoms with Crippen LogP contribution >= 0.6 is 0 Å². The summed E-state index contributed by atoms with van der Waals surface area (Å²) in [6.07, 6.45) is 2.42. The molecular formula is C16H21NO3. The molecular weight excluding hydrogens is 254 g/mol. The Morgan fingerprint density at radius 2 is 2.10 bits per heavy atom. The normalized spacial score (nSPS) is 18.3. The smallest absolute Gasteiger partial charge is 0.326 e. The Hall–Kier alpha value is -1.84. The van der Waals surface area contributed by atoms with E-state index in [4.69, 9.17) is 5.11 Å². The highest BCUT2D eigenvalue weighted by Crippen LogP contribution is 2.20. The fourth-order valence-corrected chi connectivity index (χ4v) is 2.83. The standard InChI is InChI=1S/C16H21NO3/c1-11-5-6-13(12(2)10-11)7-8-15(18)17-9-3-4-14(17)16(19)20/h5-6,10,14H,3-4,7-9H2,1-2H3,(H,19,20). The van der Waals surface area contributed by atoms with Crippen LogP contribution in [-0.4, -0.2) is 34.5 Å². The van der Waals surface area contributed by atoms with E-state index in [2.05, 4.69) is 12.1 Å². The topological polar surface area (TPSA) is 57.6 Å². The van der Waals surface area contributed by atoms with Gasteiger partial charge in [-0.2, -0.15) is 0 Å². The van der Waals surface area contributed by atoms with Crippen molar-refractivity contribution in [2.75, 3.05) is 6.54 Å². The quantitative estimate of drug-likeness (QED) is 0.917. The first kappa shape index (κ1) is 14.6. The molecule has 1 heterocycles. The lowest BCUT2D eigenvalue weighted by Gasteiger charge is -2.21. The van der Waals surface area contributed by atoms with E-state index in [1.165, 1.54) is 16.0 Å². The van der Waals surface area contributed by atoms with Crippen LogP contribution in [0.15, 0.2) is 18.2 Å². The molecule has 1 amide bonds. The van der Waals surface area contributed by atoms with Crippen molar-refractivity contribution in [1.29, 1.82) is 0 Å². The molecule has 0 spiro atoms. The maximum Gasteiger partial charge on any atom is 0.326 e. The van der Waals surface area contributed by atoms with Crippen molar-refractivity contribution in [3.63, 3.8) is 0 Å². The molecule has 0 bridgehead atoms. The van der Waals surface area contributed by atoms with E-state index in [-0.39, 0.29) is 5.91 Å². The van der Waals surface area contributed by atoms with E-state index in [1.54, 1.807) is 0 Å². The van der Waals surface area contributed by atoms with Gasteiger partial charge in [-0.25, -0.2) is 4.79 Å². The van der Waals surface area contributed by atoms with Crippen LogP contribution in [-0.2, 0) is 16.0 Å². The van der Waals surface area contributed by atoms with Gasteiger partial charge in [-0.05, 0) is 44.2 Å². The first-order chi connectivity index (χ1) is 9.49. The molecule has 1 aliphatic rings. The highest BCUT2D eigenvalue weighted by atomic mass is 16.4.